The highest BCUT2D eigenvalue weighted by atomic mass is 16.3. The van der Waals surface area contributed by atoms with Gasteiger partial charge >= 0.3 is 0 Å². The van der Waals surface area contributed by atoms with Crippen LogP contribution in [0.15, 0.2) is 36.5 Å². The van der Waals surface area contributed by atoms with E-state index >= 15 is 0 Å². The van der Waals surface area contributed by atoms with Crippen LogP contribution in [-0.4, -0.2) is 10.1 Å². The van der Waals surface area contributed by atoms with Crippen molar-refractivity contribution in [3.8, 4) is 0 Å². The van der Waals surface area contributed by atoms with Gasteiger partial charge in [-0.05, 0) is 25.5 Å². The second-order valence-electron chi connectivity index (χ2n) is 2.99. The molecule has 1 N–H and O–H groups in total. The first-order valence-corrected chi connectivity index (χ1v) is 4.50. The van der Waals surface area contributed by atoms with E-state index in [1.165, 1.54) is 0 Å². The summed E-state index contributed by atoms with van der Waals surface area (Å²) in [4.78, 5) is 4.14. The fourth-order valence-electron chi connectivity index (χ4n) is 1.28. The Kier molecular flexibility index (Phi) is 3.20. The lowest BCUT2D eigenvalue weighted by atomic mass is 9.95. The van der Waals surface area contributed by atoms with Crippen molar-refractivity contribution in [3.63, 3.8) is 0 Å². The third-order valence-electron chi connectivity index (χ3n) is 2.09. The van der Waals surface area contributed by atoms with E-state index in [1.807, 2.05) is 38.1 Å². The monoisotopic (exact) mass is 177 g/mol. The van der Waals surface area contributed by atoms with Gasteiger partial charge in [0, 0.05) is 6.20 Å². The van der Waals surface area contributed by atoms with Crippen molar-refractivity contribution >= 4 is 0 Å². The third kappa shape index (κ3) is 2.16. The number of allylic oxidation sites excluding steroid dienone is 1. The van der Waals surface area contributed by atoms with Crippen LogP contribution in [0.3, 0.4) is 0 Å². The normalized spacial score (nSPS) is 15.9. The fraction of sp³-hybridized carbons (Fsp3) is 0.364. The van der Waals surface area contributed by atoms with Gasteiger partial charge in [0.15, 0.2) is 0 Å². The molecule has 1 aromatic rings. The summed E-state index contributed by atoms with van der Waals surface area (Å²) in [5.41, 5.74) is -0.202. The molecule has 13 heavy (non-hydrogen) atoms. The molecule has 2 heteroatoms. The van der Waals surface area contributed by atoms with Gasteiger partial charge in [0.25, 0.3) is 0 Å². The summed E-state index contributed by atoms with van der Waals surface area (Å²) < 4.78 is 0. The van der Waals surface area contributed by atoms with Crippen molar-refractivity contribution in [3.05, 3.63) is 42.2 Å². The summed E-state index contributed by atoms with van der Waals surface area (Å²) in [5, 5.41) is 10.1. The molecule has 0 saturated carbocycles. The average molecular weight is 177 g/mol. The summed E-state index contributed by atoms with van der Waals surface area (Å²) in [5.74, 6) is 0. The third-order valence-corrected chi connectivity index (χ3v) is 2.09. The van der Waals surface area contributed by atoms with E-state index in [0.29, 0.717) is 12.1 Å². The molecule has 0 aliphatic heterocycles. The van der Waals surface area contributed by atoms with Crippen molar-refractivity contribution in [2.45, 2.75) is 25.9 Å². The molecule has 0 aromatic carbocycles. The lowest BCUT2D eigenvalue weighted by molar-refractivity contribution is 0.0804. The van der Waals surface area contributed by atoms with E-state index in [9.17, 15) is 5.11 Å². The minimum absolute atomic E-state index is 0.633. The number of rotatable bonds is 3. The van der Waals surface area contributed by atoms with Crippen LogP contribution in [0, 0.1) is 0 Å². The summed E-state index contributed by atoms with van der Waals surface area (Å²) in [6.07, 6.45) is 5.95. The van der Waals surface area contributed by atoms with Gasteiger partial charge < -0.3 is 5.11 Å². The largest absolute Gasteiger partial charge is 0.379 e. The molecule has 0 amide bonds. The molecule has 0 aliphatic rings. The van der Waals surface area contributed by atoms with Crippen molar-refractivity contribution in [1.29, 1.82) is 0 Å². The molecule has 0 aliphatic carbocycles. The van der Waals surface area contributed by atoms with E-state index < -0.39 is 5.60 Å². The molecule has 0 spiro atoms. The van der Waals surface area contributed by atoms with Crippen LogP contribution in [0.1, 0.15) is 26.0 Å². The number of nitrogens with zero attached hydrogens (tertiary/aromatic N) is 1. The summed E-state index contributed by atoms with van der Waals surface area (Å²) >= 11 is 0. The molecule has 1 atom stereocenters. The summed E-state index contributed by atoms with van der Waals surface area (Å²) in [7, 11) is 0. The van der Waals surface area contributed by atoms with Crippen molar-refractivity contribution in [1.82, 2.24) is 4.98 Å². The SMILES string of the molecule is C/C=C/C(O)(CC)c1ccccn1. The van der Waals surface area contributed by atoms with Crippen molar-refractivity contribution in [2.75, 3.05) is 0 Å². The minimum Gasteiger partial charge on any atom is -0.379 e. The standard InChI is InChI=1S/C11H15NO/c1-3-8-11(13,4-2)10-7-5-6-9-12-10/h3,5-9,13H,4H2,1-2H3/b8-3+. The van der Waals surface area contributed by atoms with Crippen LogP contribution in [0.5, 0.6) is 0 Å². The number of pyridine rings is 1. The van der Waals surface area contributed by atoms with Gasteiger partial charge in [-0.3, -0.25) is 4.98 Å². The number of aromatic nitrogens is 1. The zero-order valence-corrected chi connectivity index (χ0v) is 8.07. The maximum Gasteiger partial charge on any atom is 0.124 e. The van der Waals surface area contributed by atoms with E-state index in [2.05, 4.69) is 4.98 Å². The van der Waals surface area contributed by atoms with Crippen LogP contribution >= 0.6 is 0 Å². The highest BCUT2D eigenvalue weighted by Crippen LogP contribution is 2.23. The highest BCUT2D eigenvalue weighted by Gasteiger charge is 2.24. The molecule has 2 nitrogen and oxygen atoms in total. The molecular formula is C11H15NO. The number of aliphatic hydroxyl groups is 1. The molecule has 70 valence electrons. The van der Waals surface area contributed by atoms with Gasteiger partial charge in [-0.15, -0.1) is 0 Å². The van der Waals surface area contributed by atoms with Gasteiger partial charge in [0.05, 0.1) is 5.69 Å². The van der Waals surface area contributed by atoms with Gasteiger partial charge in [-0.25, -0.2) is 0 Å². The van der Waals surface area contributed by atoms with Crippen LogP contribution in [0.25, 0.3) is 0 Å². The topological polar surface area (TPSA) is 33.1 Å². The van der Waals surface area contributed by atoms with Gasteiger partial charge in [0.1, 0.15) is 5.60 Å². The Balaban J connectivity index is 3.03. The van der Waals surface area contributed by atoms with Crippen LogP contribution in [0.4, 0.5) is 0 Å². The first-order chi connectivity index (χ1) is 6.23. The van der Waals surface area contributed by atoms with Gasteiger partial charge in [-0.2, -0.15) is 0 Å². The second-order valence-corrected chi connectivity index (χ2v) is 2.99. The lowest BCUT2D eigenvalue weighted by Crippen LogP contribution is -2.22. The Labute approximate surface area is 78.9 Å². The Morgan fingerprint density at radius 2 is 2.31 bits per heavy atom. The quantitative estimate of drug-likeness (QED) is 0.718. The lowest BCUT2D eigenvalue weighted by Gasteiger charge is -2.21. The maximum atomic E-state index is 10.1. The average Bonchev–Trinajstić information content (AvgIpc) is 2.19. The Morgan fingerprint density at radius 1 is 1.54 bits per heavy atom. The van der Waals surface area contributed by atoms with E-state index in [0.717, 1.165) is 0 Å². The number of hydrogen-bond acceptors (Lipinski definition) is 2. The first kappa shape index (κ1) is 9.93. The molecule has 1 aromatic heterocycles. The zero-order chi connectivity index (χ0) is 9.73. The Bertz CT molecular complexity index is 281. The van der Waals surface area contributed by atoms with E-state index in [-0.39, 0.29) is 0 Å². The van der Waals surface area contributed by atoms with Crippen LogP contribution in [0.2, 0.25) is 0 Å². The Morgan fingerprint density at radius 3 is 2.77 bits per heavy atom. The highest BCUT2D eigenvalue weighted by molar-refractivity contribution is 5.19. The molecule has 1 rings (SSSR count). The maximum absolute atomic E-state index is 10.1. The second kappa shape index (κ2) is 4.19. The first-order valence-electron chi connectivity index (χ1n) is 4.50. The van der Waals surface area contributed by atoms with Crippen LogP contribution < -0.4 is 0 Å². The van der Waals surface area contributed by atoms with Crippen molar-refractivity contribution in [2.24, 2.45) is 0 Å². The van der Waals surface area contributed by atoms with E-state index in [4.69, 9.17) is 0 Å². The smallest absolute Gasteiger partial charge is 0.124 e. The predicted octanol–water partition coefficient (Wildman–Crippen LogP) is 2.26. The predicted molar refractivity (Wildman–Crippen MR) is 53.2 cm³/mol. The van der Waals surface area contributed by atoms with E-state index in [1.54, 1.807) is 12.3 Å². The zero-order valence-electron chi connectivity index (χ0n) is 8.07. The molecule has 1 heterocycles. The van der Waals surface area contributed by atoms with Crippen molar-refractivity contribution < 1.29 is 5.11 Å². The summed E-state index contributed by atoms with van der Waals surface area (Å²) in [6, 6.07) is 5.56. The van der Waals surface area contributed by atoms with Gasteiger partial charge in [0.2, 0.25) is 0 Å². The molecule has 0 fully saturated rings. The molecule has 0 bridgehead atoms. The molecular weight excluding hydrogens is 162 g/mol. The minimum atomic E-state index is -0.907. The molecule has 0 saturated heterocycles. The molecule has 1 unspecified atom stereocenters. The summed E-state index contributed by atoms with van der Waals surface area (Å²) in [6.45, 7) is 3.83. The Hall–Kier alpha value is -1.15. The van der Waals surface area contributed by atoms with Gasteiger partial charge in [-0.1, -0.05) is 25.1 Å². The van der Waals surface area contributed by atoms with Crippen LogP contribution in [-0.2, 0) is 5.60 Å². The number of hydrogen-bond donors (Lipinski definition) is 1. The molecule has 0 radical (unpaired) electrons. The fourth-order valence-corrected chi connectivity index (χ4v) is 1.28.